The van der Waals surface area contributed by atoms with E-state index in [0.717, 1.165) is 18.4 Å². The third kappa shape index (κ3) is 6.05. The highest BCUT2D eigenvalue weighted by molar-refractivity contribution is 5.81. The van der Waals surface area contributed by atoms with Crippen LogP contribution in [0.1, 0.15) is 66.7 Å². The van der Waals surface area contributed by atoms with Crippen LogP contribution in [-0.4, -0.2) is 11.1 Å². The highest BCUT2D eigenvalue weighted by atomic mass is 16.4. The molecule has 1 N–H and O–H groups in total. The fourth-order valence-corrected chi connectivity index (χ4v) is 3.24. The molecule has 1 aliphatic carbocycles. The van der Waals surface area contributed by atoms with Gasteiger partial charge in [-0.3, -0.25) is 0 Å². The number of aliphatic carboxylic acids is 1. The van der Waals surface area contributed by atoms with E-state index in [2.05, 4.69) is 33.8 Å². The predicted molar refractivity (Wildman–Crippen MR) is 93.9 cm³/mol. The normalized spacial score (nSPS) is 19.9. The van der Waals surface area contributed by atoms with E-state index in [4.69, 9.17) is 5.11 Å². The van der Waals surface area contributed by atoms with Crippen LogP contribution in [0.2, 0.25) is 0 Å². The number of carbonyl (C=O) groups is 1. The molecule has 22 heavy (non-hydrogen) atoms. The Balaban J connectivity index is 2.62. The van der Waals surface area contributed by atoms with E-state index in [1.165, 1.54) is 30.9 Å². The quantitative estimate of drug-likeness (QED) is 0.381. The summed E-state index contributed by atoms with van der Waals surface area (Å²) in [5, 5.41) is 8.66. The largest absolute Gasteiger partial charge is 0.478 e. The first-order chi connectivity index (χ1) is 10.2. The van der Waals surface area contributed by atoms with Crippen LogP contribution in [0.15, 0.2) is 46.6 Å². The molecular weight excluding hydrogens is 272 g/mol. The molecule has 0 aromatic rings. The third-order valence-electron chi connectivity index (χ3n) is 4.55. The maximum Gasteiger partial charge on any atom is 0.328 e. The van der Waals surface area contributed by atoms with E-state index >= 15 is 0 Å². The van der Waals surface area contributed by atoms with Gasteiger partial charge in [-0.1, -0.05) is 48.8 Å². The molecule has 0 amide bonds. The van der Waals surface area contributed by atoms with Crippen molar-refractivity contribution in [3.63, 3.8) is 0 Å². The van der Waals surface area contributed by atoms with Crippen LogP contribution in [0.25, 0.3) is 0 Å². The van der Waals surface area contributed by atoms with Crippen molar-refractivity contribution < 1.29 is 9.90 Å². The van der Waals surface area contributed by atoms with Crippen LogP contribution in [0.3, 0.4) is 0 Å². The minimum absolute atomic E-state index is 0.346. The number of allylic oxidation sites excluding steroid dienone is 7. The van der Waals surface area contributed by atoms with Gasteiger partial charge >= 0.3 is 5.97 Å². The Labute approximate surface area is 135 Å². The van der Waals surface area contributed by atoms with Crippen molar-refractivity contribution in [3.8, 4) is 0 Å². The van der Waals surface area contributed by atoms with Crippen molar-refractivity contribution in [1.82, 2.24) is 0 Å². The van der Waals surface area contributed by atoms with Gasteiger partial charge in [-0.2, -0.15) is 0 Å². The lowest BCUT2D eigenvalue weighted by molar-refractivity contribution is -0.131. The van der Waals surface area contributed by atoms with Gasteiger partial charge in [0.15, 0.2) is 0 Å². The van der Waals surface area contributed by atoms with E-state index in [0.29, 0.717) is 5.41 Å². The SMILES string of the molecule is CC1=C(CC/C(C)=C/C=C\C(C)=C/C(=O)O)C(C)(C)CCC1. The molecule has 0 spiro atoms. The van der Waals surface area contributed by atoms with Gasteiger partial charge in [0.25, 0.3) is 0 Å². The van der Waals surface area contributed by atoms with Crippen LogP contribution < -0.4 is 0 Å². The second kappa shape index (κ2) is 8.17. The van der Waals surface area contributed by atoms with Crippen molar-refractivity contribution in [2.75, 3.05) is 0 Å². The Kier molecular flexibility index (Phi) is 6.86. The van der Waals surface area contributed by atoms with Crippen LogP contribution in [0.4, 0.5) is 0 Å². The maximum absolute atomic E-state index is 10.5. The van der Waals surface area contributed by atoms with E-state index in [1.807, 2.05) is 12.2 Å². The number of rotatable bonds is 6. The zero-order chi connectivity index (χ0) is 16.8. The molecule has 0 aromatic carbocycles. The molecule has 0 saturated carbocycles. The van der Waals surface area contributed by atoms with Gasteiger partial charge in [-0.15, -0.1) is 0 Å². The van der Waals surface area contributed by atoms with Crippen LogP contribution in [0.5, 0.6) is 0 Å². The molecular formula is C20H30O2. The molecule has 0 fully saturated rings. The van der Waals surface area contributed by atoms with E-state index in [-0.39, 0.29) is 0 Å². The van der Waals surface area contributed by atoms with Crippen LogP contribution >= 0.6 is 0 Å². The molecule has 122 valence electrons. The average molecular weight is 302 g/mol. The van der Waals surface area contributed by atoms with Crippen molar-refractivity contribution in [2.45, 2.75) is 66.7 Å². The molecule has 0 aromatic heterocycles. The van der Waals surface area contributed by atoms with Crippen molar-refractivity contribution in [1.29, 1.82) is 0 Å². The summed E-state index contributed by atoms with van der Waals surface area (Å²) in [4.78, 5) is 10.5. The molecule has 0 atom stereocenters. The molecule has 0 radical (unpaired) electrons. The first-order valence-electron chi connectivity index (χ1n) is 8.16. The molecule has 0 unspecified atom stereocenters. The Bertz CT molecular complexity index is 528. The first-order valence-corrected chi connectivity index (χ1v) is 8.16. The Hall–Kier alpha value is -1.57. The average Bonchev–Trinajstić information content (AvgIpc) is 2.36. The maximum atomic E-state index is 10.5. The highest BCUT2D eigenvalue weighted by Crippen LogP contribution is 2.42. The molecule has 0 heterocycles. The van der Waals surface area contributed by atoms with E-state index < -0.39 is 5.97 Å². The van der Waals surface area contributed by atoms with Gasteiger partial charge < -0.3 is 5.11 Å². The van der Waals surface area contributed by atoms with Gasteiger partial charge in [-0.25, -0.2) is 4.79 Å². The number of hydrogen-bond donors (Lipinski definition) is 1. The molecule has 2 heteroatoms. The number of carboxylic acid groups (broad SMARTS) is 1. The predicted octanol–water partition coefficient (Wildman–Crippen LogP) is 5.83. The van der Waals surface area contributed by atoms with Gasteiger partial charge in [0.1, 0.15) is 0 Å². The van der Waals surface area contributed by atoms with Gasteiger partial charge in [0, 0.05) is 6.08 Å². The Morgan fingerprint density at radius 3 is 2.59 bits per heavy atom. The summed E-state index contributed by atoms with van der Waals surface area (Å²) in [6.45, 7) is 11.0. The minimum atomic E-state index is -0.898. The molecule has 1 rings (SSSR count). The molecule has 0 saturated heterocycles. The molecule has 0 aliphatic heterocycles. The lowest BCUT2D eigenvalue weighted by Crippen LogP contribution is -2.20. The lowest BCUT2D eigenvalue weighted by atomic mass is 9.71. The monoisotopic (exact) mass is 302 g/mol. The molecule has 1 aliphatic rings. The van der Waals surface area contributed by atoms with Gasteiger partial charge in [0.05, 0.1) is 0 Å². The zero-order valence-corrected chi connectivity index (χ0v) is 14.7. The van der Waals surface area contributed by atoms with Crippen molar-refractivity contribution in [3.05, 3.63) is 46.6 Å². The van der Waals surface area contributed by atoms with Gasteiger partial charge in [-0.05, 0) is 63.9 Å². The fourth-order valence-electron chi connectivity index (χ4n) is 3.24. The highest BCUT2D eigenvalue weighted by Gasteiger charge is 2.27. The standard InChI is InChI=1S/C20H30O2/c1-15(8-6-9-16(2)14-19(21)22)11-12-18-17(3)10-7-13-20(18,4)5/h6,8-9,14H,7,10-13H2,1-5H3,(H,21,22)/b9-6-,15-8+,16-14-. The Morgan fingerprint density at radius 2 is 2.00 bits per heavy atom. The summed E-state index contributed by atoms with van der Waals surface area (Å²) >= 11 is 0. The number of carboxylic acids is 1. The topological polar surface area (TPSA) is 37.3 Å². The summed E-state index contributed by atoms with van der Waals surface area (Å²) < 4.78 is 0. The Morgan fingerprint density at radius 1 is 1.32 bits per heavy atom. The number of hydrogen-bond acceptors (Lipinski definition) is 1. The van der Waals surface area contributed by atoms with E-state index in [1.54, 1.807) is 18.1 Å². The molecule has 2 nitrogen and oxygen atoms in total. The van der Waals surface area contributed by atoms with Crippen molar-refractivity contribution >= 4 is 5.97 Å². The van der Waals surface area contributed by atoms with Crippen molar-refractivity contribution in [2.24, 2.45) is 5.41 Å². The second-order valence-electron chi connectivity index (χ2n) is 7.10. The van der Waals surface area contributed by atoms with Gasteiger partial charge in [0.2, 0.25) is 0 Å². The summed E-state index contributed by atoms with van der Waals surface area (Å²) in [5.74, 6) is -0.898. The summed E-state index contributed by atoms with van der Waals surface area (Å²) in [7, 11) is 0. The summed E-state index contributed by atoms with van der Waals surface area (Å²) in [6.07, 6.45) is 13.2. The fraction of sp³-hybridized carbons (Fsp3) is 0.550. The zero-order valence-electron chi connectivity index (χ0n) is 14.7. The summed E-state index contributed by atoms with van der Waals surface area (Å²) in [5.41, 5.74) is 5.65. The minimum Gasteiger partial charge on any atom is -0.478 e. The van der Waals surface area contributed by atoms with Crippen LogP contribution in [-0.2, 0) is 4.79 Å². The smallest absolute Gasteiger partial charge is 0.328 e. The van der Waals surface area contributed by atoms with E-state index in [9.17, 15) is 4.79 Å². The second-order valence-corrected chi connectivity index (χ2v) is 7.10. The molecule has 0 bridgehead atoms. The first kappa shape index (κ1) is 18.5. The third-order valence-corrected chi connectivity index (χ3v) is 4.55. The summed E-state index contributed by atoms with van der Waals surface area (Å²) in [6, 6.07) is 0. The lowest BCUT2D eigenvalue weighted by Gasteiger charge is -2.34. The van der Waals surface area contributed by atoms with Crippen LogP contribution in [0, 0.1) is 5.41 Å².